The predicted molar refractivity (Wildman–Crippen MR) is 156 cm³/mol. The molecule has 3 aliphatic rings. The minimum absolute atomic E-state index is 0.0222. The van der Waals surface area contributed by atoms with E-state index in [0.29, 0.717) is 64.3 Å². The summed E-state index contributed by atoms with van der Waals surface area (Å²) in [5, 5.41) is 9.24. The third-order valence-electron chi connectivity index (χ3n) is 8.87. The van der Waals surface area contributed by atoms with Gasteiger partial charge in [-0.25, -0.2) is 0 Å². The van der Waals surface area contributed by atoms with Crippen LogP contribution in [0.5, 0.6) is 5.75 Å². The Morgan fingerprint density at radius 3 is 2.34 bits per heavy atom. The smallest absolute Gasteiger partial charge is 0.306 e. The molecule has 41 heavy (non-hydrogen) atoms. The van der Waals surface area contributed by atoms with Crippen molar-refractivity contribution in [3.05, 3.63) is 53.9 Å². The van der Waals surface area contributed by atoms with E-state index in [4.69, 9.17) is 4.74 Å². The third kappa shape index (κ3) is 7.77. The van der Waals surface area contributed by atoms with Crippen LogP contribution >= 0.6 is 0 Å². The van der Waals surface area contributed by atoms with Crippen LogP contribution in [0, 0.1) is 11.8 Å². The number of aliphatic carboxylic acids is 1. The number of hydrogen-bond acceptors (Lipinski definition) is 6. The summed E-state index contributed by atoms with van der Waals surface area (Å²) in [4.78, 5) is 47.6. The van der Waals surface area contributed by atoms with E-state index in [1.54, 1.807) is 12.4 Å². The number of nitrogens with zero attached hydrogens (tertiary/aromatic N) is 4. The van der Waals surface area contributed by atoms with E-state index in [2.05, 4.69) is 9.88 Å². The Morgan fingerprint density at radius 2 is 1.61 bits per heavy atom. The predicted octanol–water partition coefficient (Wildman–Crippen LogP) is 4.26. The van der Waals surface area contributed by atoms with Crippen molar-refractivity contribution in [1.82, 2.24) is 14.8 Å². The number of aromatic nitrogens is 1. The number of carboxylic acids is 1. The zero-order valence-corrected chi connectivity index (χ0v) is 23.9. The highest BCUT2D eigenvalue weighted by Crippen LogP contribution is 2.27. The lowest BCUT2D eigenvalue weighted by molar-refractivity contribution is -0.142. The summed E-state index contributed by atoms with van der Waals surface area (Å²) in [5.74, 6) is 0.472. The van der Waals surface area contributed by atoms with E-state index in [1.165, 1.54) is 32.1 Å². The lowest BCUT2D eigenvalue weighted by Gasteiger charge is -2.35. The quantitative estimate of drug-likeness (QED) is 0.487. The van der Waals surface area contributed by atoms with Crippen molar-refractivity contribution in [2.75, 3.05) is 50.8 Å². The Balaban J connectivity index is 1.08. The summed E-state index contributed by atoms with van der Waals surface area (Å²) in [7, 11) is 0. The Hall–Kier alpha value is -3.62. The second kappa shape index (κ2) is 13.8. The molecule has 2 saturated heterocycles. The highest BCUT2D eigenvalue weighted by Gasteiger charge is 2.27. The first kappa shape index (κ1) is 28.9. The van der Waals surface area contributed by atoms with Crippen LogP contribution in [-0.4, -0.2) is 83.5 Å². The van der Waals surface area contributed by atoms with E-state index >= 15 is 0 Å². The molecule has 2 aromatic rings. The number of rotatable bonds is 9. The lowest BCUT2D eigenvalue weighted by Crippen LogP contribution is -2.51. The van der Waals surface area contributed by atoms with Gasteiger partial charge in [0.25, 0.3) is 5.91 Å². The van der Waals surface area contributed by atoms with Gasteiger partial charge < -0.3 is 24.5 Å². The van der Waals surface area contributed by atoms with Crippen LogP contribution in [-0.2, 0) is 16.0 Å². The maximum Gasteiger partial charge on any atom is 0.306 e. The molecule has 1 saturated carbocycles. The molecule has 2 aliphatic heterocycles. The summed E-state index contributed by atoms with van der Waals surface area (Å²) >= 11 is 0. The highest BCUT2D eigenvalue weighted by molar-refractivity contribution is 5.94. The first-order chi connectivity index (χ1) is 20.0. The Bertz CT molecular complexity index is 1200. The van der Waals surface area contributed by atoms with Crippen molar-refractivity contribution in [2.24, 2.45) is 11.8 Å². The first-order valence-corrected chi connectivity index (χ1v) is 15.2. The van der Waals surface area contributed by atoms with Crippen LogP contribution in [0.15, 0.2) is 42.7 Å². The molecule has 9 nitrogen and oxygen atoms in total. The number of carboxylic acid groups (broad SMARTS) is 1. The van der Waals surface area contributed by atoms with Gasteiger partial charge in [0.2, 0.25) is 5.91 Å². The van der Waals surface area contributed by atoms with Crippen LogP contribution in [0.3, 0.4) is 0 Å². The fourth-order valence-electron chi connectivity index (χ4n) is 6.29. The molecule has 220 valence electrons. The van der Waals surface area contributed by atoms with Crippen LogP contribution in [0.2, 0.25) is 0 Å². The maximum atomic E-state index is 13.2. The minimum atomic E-state index is -0.730. The number of ether oxygens (including phenoxy) is 1. The van der Waals surface area contributed by atoms with Gasteiger partial charge in [-0.2, -0.15) is 0 Å². The van der Waals surface area contributed by atoms with Gasteiger partial charge in [-0.3, -0.25) is 19.4 Å². The van der Waals surface area contributed by atoms with Gasteiger partial charge in [0.05, 0.1) is 30.8 Å². The number of carbonyl (C=O) groups excluding carboxylic acids is 2. The molecule has 1 aromatic carbocycles. The molecular weight excluding hydrogens is 520 g/mol. The van der Waals surface area contributed by atoms with Crippen LogP contribution in [0.4, 0.5) is 5.69 Å². The molecule has 1 aliphatic carbocycles. The van der Waals surface area contributed by atoms with Crippen molar-refractivity contribution in [2.45, 2.75) is 57.8 Å². The summed E-state index contributed by atoms with van der Waals surface area (Å²) in [6.07, 6.45) is 12.6. The second-order valence-corrected chi connectivity index (χ2v) is 11.7. The monoisotopic (exact) mass is 562 g/mol. The van der Waals surface area contributed by atoms with E-state index in [9.17, 15) is 19.5 Å². The number of amides is 2. The summed E-state index contributed by atoms with van der Waals surface area (Å²) in [6, 6.07) is 9.44. The van der Waals surface area contributed by atoms with Gasteiger partial charge >= 0.3 is 5.97 Å². The molecule has 0 radical (unpaired) electrons. The van der Waals surface area contributed by atoms with E-state index < -0.39 is 5.97 Å². The van der Waals surface area contributed by atoms with Crippen LogP contribution < -0.4 is 9.64 Å². The molecule has 5 rings (SSSR count). The normalized spacial score (nSPS) is 18.8. The molecule has 0 unspecified atom stereocenters. The molecule has 3 fully saturated rings. The number of benzene rings is 1. The lowest BCUT2D eigenvalue weighted by atomic mass is 9.87. The zero-order chi connectivity index (χ0) is 28.6. The van der Waals surface area contributed by atoms with Gasteiger partial charge in [-0.1, -0.05) is 38.2 Å². The average molecular weight is 563 g/mol. The maximum absolute atomic E-state index is 13.2. The average Bonchev–Trinajstić information content (AvgIpc) is 3.01. The molecule has 0 spiro atoms. The Morgan fingerprint density at radius 1 is 0.878 bits per heavy atom. The van der Waals surface area contributed by atoms with Gasteiger partial charge in [-0.15, -0.1) is 0 Å². The van der Waals surface area contributed by atoms with Gasteiger partial charge in [0, 0.05) is 51.0 Å². The first-order valence-electron chi connectivity index (χ1n) is 15.2. The Labute approximate surface area is 242 Å². The largest absolute Gasteiger partial charge is 0.494 e. The molecule has 0 bridgehead atoms. The topological polar surface area (TPSA) is 103 Å². The summed E-state index contributed by atoms with van der Waals surface area (Å²) in [5.41, 5.74) is 2.39. The summed E-state index contributed by atoms with van der Waals surface area (Å²) < 4.78 is 6.00. The third-order valence-corrected chi connectivity index (χ3v) is 8.87. The van der Waals surface area contributed by atoms with Crippen molar-refractivity contribution >= 4 is 23.5 Å². The standard InChI is InChI=1S/C32H42N4O5/c37-30(20-25-19-28(23-33-22-25)34-12-9-26(10-13-34)32(39)40)35-14-16-36(17-15-35)31(38)27-7-4-8-29(21-27)41-18-11-24-5-2-1-3-6-24/h4,7-8,19,21-24,26H,1-3,5-6,9-18,20H2,(H,39,40). The molecule has 3 heterocycles. The molecule has 9 heteroatoms. The van der Waals surface area contributed by atoms with Gasteiger partial charge in [0.1, 0.15) is 5.75 Å². The van der Waals surface area contributed by atoms with Gasteiger partial charge in [0.15, 0.2) is 0 Å². The van der Waals surface area contributed by atoms with Crippen LogP contribution in [0.1, 0.15) is 67.3 Å². The number of anilines is 1. The second-order valence-electron chi connectivity index (χ2n) is 11.7. The van der Waals surface area contributed by atoms with Crippen molar-refractivity contribution in [1.29, 1.82) is 0 Å². The van der Waals surface area contributed by atoms with Crippen molar-refractivity contribution < 1.29 is 24.2 Å². The van der Waals surface area contributed by atoms with Crippen molar-refractivity contribution in [3.8, 4) is 5.75 Å². The number of hydrogen-bond donors (Lipinski definition) is 1. The van der Waals surface area contributed by atoms with E-state index in [-0.39, 0.29) is 24.2 Å². The zero-order valence-electron chi connectivity index (χ0n) is 23.9. The number of piperazine rings is 1. The molecule has 2 amide bonds. The fourth-order valence-corrected chi connectivity index (χ4v) is 6.29. The summed E-state index contributed by atoms with van der Waals surface area (Å²) in [6.45, 7) is 4.01. The van der Waals surface area contributed by atoms with E-state index in [1.807, 2.05) is 40.1 Å². The number of piperidine rings is 1. The number of carbonyl (C=O) groups is 3. The van der Waals surface area contributed by atoms with Crippen molar-refractivity contribution in [3.63, 3.8) is 0 Å². The molecule has 1 N–H and O–H groups in total. The minimum Gasteiger partial charge on any atom is -0.494 e. The SMILES string of the molecule is O=C(O)C1CCN(c2cncc(CC(=O)N3CCN(C(=O)c4cccc(OCCC5CCCCC5)c4)CC3)c2)CC1. The Kier molecular flexibility index (Phi) is 9.75. The fraction of sp³-hybridized carbons (Fsp3) is 0.562. The van der Waals surface area contributed by atoms with E-state index in [0.717, 1.165) is 29.3 Å². The van der Waals surface area contributed by atoms with Crippen LogP contribution in [0.25, 0.3) is 0 Å². The molecule has 0 atom stereocenters. The number of pyridine rings is 1. The molecular formula is C32H42N4O5. The molecule has 1 aromatic heterocycles. The van der Waals surface area contributed by atoms with Gasteiger partial charge in [-0.05, 0) is 55.0 Å². The highest BCUT2D eigenvalue weighted by atomic mass is 16.5.